The molecule has 2 N–H and O–H groups in total. The highest BCUT2D eigenvalue weighted by Gasteiger charge is 2.65. The Morgan fingerprint density at radius 3 is 2.29 bits per heavy atom. The first-order chi connectivity index (χ1) is 23.6. The highest BCUT2D eigenvalue weighted by molar-refractivity contribution is 6.91. The number of carbonyl (C=O) groups is 3. The van der Waals surface area contributed by atoms with Gasteiger partial charge in [0, 0.05) is 41.6 Å². The van der Waals surface area contributed by atoms with Crippen molar-refractivity contribution in [2.45, 2.75) is 50.2 Å². The zero-order chi connectivity index (χ0) is 34.8. The van der Waals surface area contributed by atoms with Crippen molar-refractivity contribution < 1.29 is 29.0 Å². The van der Waals surface area contributed by atoms with Crippen molar-refractivity contribution >= 4 is 48.5 Å². The lowest BCUT2D eigenvalue weighted by atomic mass is 9.82. The molecule has 10 heteroatoms. The molecule has 2 heterocycles. The minimum Gasteiger partial charge on any atom is -0.497 e. The summed E-state index contributed by atoms with van der Waals surface area (Å²) in [5.41, 5.74) is 1.99. The maximum atomic E-state index is 14.2. The SMILES string of the molecule is COc1ccc([Si](C)(C)[C@@H]2[C@@H](CC(=O)N(CCO)Cc3ccccc3)O[C@]3(C(=O)Nc4ccc(N(C=O)c5ccccc5)cc43)[C@H]2C)cc1. The standard InChI is InChI=1S/C39H43N3O6Si/c1-27-37(49(3,4)32-18-16-31(47-2)17-19-32)35(24-36(45)41(21-22-43)25-28-11-7-5-8-12-28)48-39(27)33-23-30(15-20-34(33)40-38(39)46)42(26-44)29-13-9-6-10-14-29/h5-20,23,26-27,35,37,43H,21-22,24-25H2,1-4H3,(H,40,46)/t27-,35+,37-,39+/m0/s1. The minimum atomic E-state index is -2.49. The van der Waals surface area contributed by atoms with Crippen LogP contribution in [0.4, 0.5) is 17.1 Å². The third-order valence-corrected chi connectivity index (χ3v) is 14.7. The lowest BCUT2D eigenvalue weighted by Crippen LogP contribution is -2.52. The molecule has 9 nitrogen and oxygen atoms in total. The summed E-state index contributed by atoms with van der Waals surface area (Å²) in [4.78, 5) is 44.0. The molecule has 254 valence electrons. The first-order valence-electron chi connectivity index (χ1n) is 16.6. The summed E-state index contributed by atoms with van der Waals surface area (Å²) in [6.07, 6.45) is 0.210. The van der Waals surface area contributed by atoms with Crippen LogP contribution in [0.3, 0.4) is 0 Å². The number of fused-ring (bicyclic) bond motifs is 2. The maximum absolute atomic E-state index is 14.2. The van der Waals surface area contributed by atoms with Gasteiger partial charge in [-0.3, -0.25) is 19.3 Å². The van der Waals surface area contributed by atoms with Gasteiger partial charge in [-0.2, -0.15) is 0 Å². The Labute approximate surface area is 288 Å². The van der Waals surface area contributed by atoms with Gasteiger partial charge in [-0.05, 0) is 53.6 Å². The van der Waals surface area contributed by atoms with Crippen LogP contribution in [0, 0.1) is 5.92 Å². The normalized spacial score (nSPS) is 21.2. The van der Waals surface area contributed by atoms with Crippen LogP contribution in [-0.4, -0.2) is 62.7 Å². The number of nitrogens with zero attached hydrogens (tertiary/aromatic N) is 2. The van der Waals surface area contributed by atoms with E-state index in [1.165, 1.54) is 0 Å². The Morgan fingerprint density at radius 1 is 0.980 bits per heavy atom. The molecule has 1 spiro atoms. The van der Waals surface area contributed by atoms with Crippen LogP contribution in [0.15, 0.2) is 103 Å². The first-order valence-corrected chi connectivity index (χ1v) is 19.7. The highest BCUT2D eigenvalue weighted by atomic mass is 28.3. The van der Waals surface area contributed by atoms with E-state index in [2.05, 4.69) is 37.5 Å². The average molecular weight is 678 g/mol. The molecule has 0 unspecified atom stereocenters. The van der Waals surface area contributed by atoms with Gasteiger partial charge in [-0.1, -0.05) is 85.9 Å². The maximum Gasteiger partial charge on any atom is 0.261 e. The molecule has 2 aliphatic heterocycles. The van der Waals surface area contributed by atoms with E-state index in [4.69, 9.17) is 9.47 Å². The largest absolute Gasteiger partial charge is 0.497 e. The molecule has 0 aliphatic carbocycles. The number of ether oxygens (including phenoxy) is 2. The Bertz CT molecular complexity index is 1800. The van der Waals surface area contributed by atoms with Gasteiger partial charge in [0.15, 0.2) is 5.60 Å². The Hall–Kier alpha value is -4.77. The molecule has 2 aliphatic rings. The van der Waals surface area contributed by atoms with Gasteiger partial charge in [0.2, 0.25) is 12.3 Å². The van der Waals surface area contributed by atoms with E-state index in [0.29, 0.717) is 29.2 Å². The molecule has 3 amide bonds. The third kappa shape index (κ3) is 6.27. The van der Waals surface area contributed by atoms with Crippen molar-refractivity contribution in [1.29, 1.82) is 0 Å². The lowest BCUT2D eigenvalue weighted by molar-refractivity contribution is -0.148. The molecule has 1 saturated heterocycles. The van der Waals surface area contributed by atoms with Gasteiger partial charge in [0.05, 0.1) is 34.3 Å². The Balaban J connectivity index is 1.42. The predicted octanol–water partition coefficient (Wildman–Crippen LogP) is 5.57. The number of benzene rings is 4. The molecule has 4 atom stereocenters. The lowest BCUT2D eigenvalue weighted by Gasteiger charge is -2.37. The highest BCUT2D eigenvalue weighted by Crippen LogP contribution is 2.59. The summed E-state index contributed by atoms with van der Waals surface area (Å²) < 4.78 is 12.5. The molecular weight excluding hydrogens is 635 g/mol. The second-order valence-corrected chi connectivity index (χ2v) is 18.1. The molecule has 4 aromatic rings. The molecule has 0 aromatic heterocycles. The molecule has 0 saturated carbocycles. The summed E-state index contributed by atoms with van der Waals surface area (Å²) in [6.45, 7) is 6.94. The summed E-state index contributed by atoms with van der Waals surface area (Å²) in [5.74, 6) is -0.00374. The average Bonchev–Trinajstić information content (AvgIpc) is 3.57. The van der Waals surface area contributed by atoms with Crippen LogP contribution in [0.2, 0.25) is 18.6 Å². The zero-order valence-corrected chi connectivity index (χ0v) is 29.3. The molecule has 0 bridgehead atoms. The number of aliphatic hydroxyl groups excluding tert-OH is 1. The van der Waals surface area contributed by atoms with Gasteiger partial charge in [0.25, 0.3) is 5.91 Å². The van der Waals surface area contributed by atoms with E-state index in [1.807, 2.05) is 91.0 Å². The third-order valence-electron chi connectivity index (χ3n) is 10.3. The smallest absolute Gasteiger partial charge is 0.261 e. The van der Waals surface area contributed by atoms with Crippen molar-refractivity contribution in [2.24, 2.45) is 5.92 Å². The van der Waals surface area contributed by atoms with Crippen molar-refractivity contribution in [3.63, 3.8) is 0 Å². The van der Waals surface area contributed by atoms with Crippen LogP contribution in [0.1, 0.15) is 24.5 Å². The first kappa shape index (κ1) is 34.1. The second-order valence-electron chi connectivity index (χ2n) is 13.4. The predicted molar refractivity (Wildman–Crippen MR) is 193 cm³/mol. The molecule has 4 aromatic carbocycles. The van der Waals surface area contributed by atoms with E-state index < -0.39 is 19.8 Å². The molecule has 49 heavy (non-hydrogen) atoms. The van der Waals surface area contributed by atoms with E-state index in [0.717, 1.165) is 22.9 Å². The number of aliphatic hydroxyl groups is 1. The summed E-state index contributed by atoms with van der Waals surface area (Å²) in [5, 5.41) is 14.1. The van der Waals surface area contributed by atoms with Crippen LogP contribution in [0.5, 0.6) is 5.75 Å². The van der Waals surface area contributed by atoms with Gasteiger partial charge in [-0.15, -0.1) is 0 Å². The summed E-state index contributed by atoms with van der Waals surface area (Å²) in [6, 6.07) is 32.6. The van der Waals surface area contributed by atoms with Gasteiger partial charge >= 0.3 is 0 Å². The van der Waals surface area contributed by atoms with Crippen LogP contribution in [-0.2, 0) is 31.3 Å². The molecule has 0 radical (unpaired) electrons. The monoisotopic (exact) mass is 677 g/mol. The molecule has 6 rings (SSSR count). The second kappa shape index (κ2) is 14.0. The number of amides is 3. The van der Waals surface area contributed by atoms with E-state index >= 15 is 0 Å². The van der Waals surface area contributed by atoms with Gasteiger partial charge in [0.1, 0.15) is 5.75 Å². The van der Waals surface area contributed by atoms with E-state index in [9.17, 15) is 19.5 Å². The summed E-state index contributed by atoms with van der Waals surface area (Å²) in [7, 11) is -0.853. The van der Waals surface area contributed by atoms with Crippen molar-refractivity contribution in [1.82, 2.24) is 4.90 Å². The van der Waals surface area contributed by atoms with E-state index in [-0.39, 0.29) is 42.8 Å². The topological polar surface area (TPSA) is 108 Å². The van der Waals surface area contributed by atoms with Crippen molar-refractivity contribution in [3.8, 4) is 5.75 Å². The van der Waals surface area contributed by atoms with Crippen LogP contribution >= 0.6 is 0 Å². The number of hydrogen-bond donors (Lipinski definition) is 2. The van der Waals surface area contributed by atoms with Crippen molar-refractivity contribution in [2.75, 3.05) is 30.5 Å². The molecular formula is C39H43N3O6Si. The zero-order valence-electron chi connectivity index (χ0n) is 28.3. The Morgan fingerprint density at radius 2 is 1.65 bits per heavy atom. The fourth-order valence-corrected chi connectivity index (χ4v) is 11.9. The minimum absolute atomic E-state index is 0.0446. The Kier molecular flexibility index (Phi) is 9.74. The number of hydrogen-bond acceptors (Lipinski definition) is 6. The number of methoxy groups -OCH3 is 1. The number of para-hydroxylation sites is 1. The fraction of sp³-hybridized carbons (Fsp3) is 0.308. The van der Waals surface area contributed by atoms with Gasteiger partial charge < -0.3 is 24.8 Å². The quantitative estimate of drug-likeness (QED) is 0.150. The fourth-order valence-electron chi connectivity index (χ4n) is 7.85. The van der Waals surface area contributed by atoms with Crippen LogP contribution in [0.25, 0.3) is 0 Å². The number of anilines is 3. The van der Waals surface area contributed by atoms with Gasteiger partial charge in [-0.25, -0.2) is 0 Å². The number of nitrogens with one attached hydrogen (secondary N) is 1. The number of carbonyl (C=O) groups excluding carboxylic acids is 3. The molecule has 1 fully saturated rings. The van der Waals surface area contributed by atoms with Crippen molar-refractivity contribution in [3.05, 3.63) is 114 Å². The summed E-state index contributed by atoms with van der Waals surface area (Å²) >= 11 is 0. The number of rotatable bonds is 12. The van der Waals surface area contributed by atoms with Crippen LogP contribution < -0.4 is 20.1 Å². The van der Waals surface area contributed by atoms with E-state index in [1.54, 1.807) is 16.9 Å².